The smallest absolute Gasteiger partial charge is 0.291 e. The summed E-state index contributed by atoms with van der Waals surface area (Å²) in [6.45, 7) is 5.82. The van der Waals surface area contributed by atoms with E-state index in [1.54, 1.807) is 6.92 Å². The molecule has 0 aliphatic carbocycles. The van der Waals surface area contributed by atoms with Gasteiger partial charge >= 0.3 is 5.56 Å². The van der Waals surface area contributed by atoms with E-state index in [1.165, 1.54) is 16.0 Å². The van der Waals surface area contributed by atoms with Crippen molar-refractivity contribution in [1.29, 1.82) is 0 Å². The second kappa shape index (κ2) is 7.88. The minimum absolute atomic E-state index is 0.270. The number of rotatable bonds is 4. The zero-order chi connectivity index (χ0) is 20.5. The third-order valence-electron chi connectivity index (χ3n) is 4.70. The van der Waals surface area contributed by atoms with Gasteiger partial charge in [-0.2, -0.15) is 9.80 Å². The summed E-state index contributed by atoms with van der Waals surface area (Å²) in [4.78, 5) is 17.5. The van der Waals surface area contributed by atoms with Gasteiger partial charge in [0.05, 0.1) is 17.1 Å². The van der Waals surface area contributed by atoms with Gasteiger partial charge in [-0.15, -0.1) is 16.5 Å². The van der Waals surface area contributed by atoms with Crippen LogP contribution >= 0.6 is 27.3 Å². The Labute approximate surface area is 180 Å². The van der Waals surface area contributed by atoms with Crippen LogP contribution in [0.3, 0.4) is 0 Å². The first-order valence-electron chi connectivity index (χ1n) is 8.95. The predicted molar refractivity (Wildman–Crippen MR) is 120 cm³/mol. The number of aromatic nitrogens is 3. The van der Waals surface area contributed by atoms with Gasteiger partial charge in [0.1, 0.15) is 0 Å². The molecule has 4 aromatic rings. The first-order chi connectivity index (χ1) is 13.9. The SMILES string of the molecule is Cc1cccc(N=Nc2c(C)[nH]n(-c3nc(-c4ccc(Br)cc4)cs3)c2=O)c1C. The van der Waals surface area contributed by atoms with E-state index in [9.17, 15) is 4.79 Å². The summed E-state index contributed by atoms with van der Waals surface area (Å²) in [5.41, 5.74) is 5.39. The first kappa shape index (κ1) is 19.5. The highest BCUT2D eigenvalue weighted by Gasteiger charge is 2.15. The maximum absolute atomic E-state index is 12.9. The Balaban J connectivity index is 1.67. The minimum atomic E-state index is -0.270. The average molecular weight is 468 g/mol. The topological polar surface area (TPSA) is 75.4 Å². The Morgan fingerprint density at radius 1 is 1.07 bits per heavy atom. The largest absolute Gasteiger partial charge is 0.301 e. The number of azo groups is 1. The third kappa shape index (κ3) is 3.86. The number of hydrogen-bond acceptors (Lipinski definition) is 5. The lowest BCUT2D eigenvalue weighted by Gasteiger charge is -2.01. The Morgan fingerprint density at radius 3 is 2.59 bits per heavy atom. The van der Waals surface area contributed by atoms with E-state index in [0.717, 1.165) is 32.5 Å². The monoisotopic (exact) mass is 467 g/mol. The molecule has 6 nitrogen and oxygen atoms in total. The molecule has 0 atom stereocenters. The lowest BCUT2D eigenvalue weighted by atomic mass is 10.1. The predicted octanol–water partition coefficient (Wildman–Crippen LogP) is 6.39. The highest BCUT2D eigenvalue weighted by atomic mass is 79.9. The van der Waals surface area contributed by atoms with Crippen molar-refractivity contribution in [3.05, 3.63) is 79.5 Å². The van der Waals surface area contributed by atoms with Gasteiger partial charge in [0.2, 0.25) is 5.13 Å². The molecule has 29 heavy (non-hydrogen) atoms. The van der Waals surface area contributed by atoms with Gasteiger partial charge in [-0.25, -0.2) is 4.98 Å². The number of benzene rings is 2. The maximum atomic E-state index is 12.9. The van der Waals surface area contributed by atoms with Crippen LogP contribution in [0.4, 0.5) is 11.4 Å². The number of aryl methyl sites for hydroxylation is 2. The van der Waals surface area contributed by atoms with Crippen molar-refractivity contribution in [3.63, 3.8) is 0 Å². The van der Waals surface area contributed by atoms with Crippen LogP contribution in [0.25, 0.3) is 16.4 Å². The molecule has 2 heterocycles. The van der Waals surface area contributed by atoms with Crippen LogP contribution in [0.2, 0.25) is 0 Å². The second-order valence-corrected chi connectivity index (χ2v) is 8.42. The van der Waals surface area contributed by atoms with E-state index in [0.29, 0.717) is 10.8 Å². The maximum Gasteiger partial charge on any atom is 0.301 e. The summed E-state index contributed by atoms with van der Waals surface area (Å²) in [5.74, 6) is 0. The van der Waals surface area contributed by atoms with Crippen molar-refractivity contribution in [1.82, 2.24) is 14.8 Å². The molecule has 0 saturated carbocycles. The number of H-pyrrole nitrogens is 1. The van der Waals surface area contributed by atoms with Gasteiger partial charge in [0.25, 0.3) is 0 Å². The average Bonchev–Trinajstić information content (AvgIpc) is 3.29. The molecule has 0 saturated heterocycles. The summed E-state index contributed by atoms with van der Waals surface area (Å²) in [6.07, 6.45) is 0. The van der Waals surface area contributed by atoms with Crippen molar-refractivity contribution in [2.75, 3.05) is 0 Å². The molecule has 0 spiro atoms. The lowest BCUT2D eigenvalue weighted by molar-refractivity contribution is 0.827. The van der Waals surface area contributed by atoms with Gasteiger partial charge < -0.3 is 0 Å². The summed E-state index contributed by atoms with van der Waals surface area (Å²) in [6, 6.07) is 13.7. The Hall–Kier alpha value is -2.84. The summed E-state index contributed by atoms with van der Waals surface area (Å²) in [5, 5.41) is 14.1. The van der Waals surface area contributed by atoms with Crippen LogP contribution in [0.1, 0.15) is 16.8 Å². The molecule has 0 aliphatic heterocycles. The summed E-state index contributed by atoms with van der Waals surface area (Å²) < 4.78 is 2.42. The molecular formula is C21H18BrN5OS. The summed E-state index contributed by atoms with van der Waals surface area (Å²) >= 11 is 4.83. The zero-order valence-corrected chi connectivity index (χ0v) is 18.5. The number of nitrogens with zero attached hydrogens (tertiary/aromatic N) is 4. The highest BCUT2D eigenvalue weighted by Crippen LogP contribution is 2.27. The quantitative estimate of drug-likeness (QED) is 0.352. The van der Waals surface area contributed by atoms with Crippen molar-refractivity contribution >= 4 is 38.6 Å². The fourth-order valence-corrected chi connectivity index (χ4v) is 3.91. The van der Waals surface area contributed by atoms with Crippen LogP contribution < -0.4 is 5.56 Å². The second-order valence-electron chi connectivity index (χ2n) is 6.67. The molecule has 146 valence electrons. The van der Waals surface area contributed by atoms with Gasteiger partial charge in [-0.1, -0.05) is 40.2 Å². The van der Waals surface area contributed by atoms with Crippen molar-refractivity contribution < 1.29 is 0 Å². The van der Waals surface area contributed by atoms with Gasteiger partial charge in [-0.05, 0) is 50.1 Å². The molecule has 0 fully saturated rings. The molecule has 8 heteroatoms. The van der Waals surface area contributed by atoms with Crippen LogP contribution in [0, 0.1) is 20.8 Å². The molecule has 0 unspecified atom stereocenters. The van der Waals surface area contributed by atoms with Crippen molar-refractivity contribution in [2.24, 2.45) is 10.2 Å². The minimum Gasteiger partial charge on any atom is -0.291 e. The molecular weight excluding hydrogens is 450 g/mol. The molecule has 2 aromatic heterocycles. The molecule has 2 aromatic carbocycles. The standard InChI is InChI=1S/C21H18BrN5OS/c1-12-5-4-6-17(13(12)2)24-25-19-14(3)26-27(20(19)28)21-23-18(11-29-21)15-7-9-16(22)10-8-15/h4-11,26H,1-3H3. The Kier molecular flexibility index (Phi) is 5.29. The molecule has 1 N–H and O–H groups in total. The number of thiazole rings is 1. The number of halogens is 1. The van der Waals surface area contributed by atoms with Crippen molar-refractivity contribution in [2.45, 2.75) is 20.8 Å². The Bertz CT molecular complexity index is 1270. The number of nitrogens with one attached hydrogen (secondary N) is 1. The van der Waals surface area contributed by atoms with Crippen LogP contribution in [-0.4, -0.2) is 14.8 Å². The fourth-order valence-electron chi connectivity index (χ4n) is 2.86. The molecule has 0 radical (unpaired) electrons. The van der Waals surface area contributed by atoms with E-state index in [-0.39, 0.29) is 11.2 Å². The van der Waals surface area contributed by atoms with Crippen molar-refractivity contribution in [3.8, 4) is 16.4 Å². The fraction of sp³-hybridized carbons (Fsp3) is 0.143. The zero-order valence-electron chi connectivity index (χ0n) is 16.1. The molecule has 0 bridgehead atoms. The molecule has 4 rings (SSSR count). The van der Waals surface area contributed by atoms with Crippen LogP contribution in [0.5, 0.6) is 0 Å². The Morgan fingerprint density at radius 2 is 1.83 bits per heavy atom. The van der Waals surface area contributed by atoms with E-state index in [4.69, 9.17) is 0 Å². The van der Waals surface area contributed by atoms with E-state index in [2.05, 4.69) is 36.2 Å². The van der Waals surface area contributed by atoms with E-state index >= 15 is 0 Å². The lowest BCUT2D eigenvalue weighted by Crippen LogP contribution is -2.13. The molecule has 0 amide bonds. The highest BCUT2D eigenvalue weighted by molar-refractivity contribution is 9.10. The van der Waals surface area contributed by atoms with Crippen LogP contribution in [0.15, 0.2) is 67.3 Å². The number of aromatic amines is 1. The summed E-state index contributed by atoms with van der Waals surface area (Å²) in [7, 11) is 0. The van der Waals surface area contributed by atoms with Gasteiger partial charge in [-0.3, -0.25) is 9.89 Å². The van der Waals surface area contributed by atoms with E-state index in [1.807, 2.05) is 61.7 Å². The first-order valence-corrected chi connectivity index (χ1v) is 10.6. The van der Waals surface area contributed by atoms with Gasteiger partial charge in [0.15, 0.2) is 5.69 Å². The van der Waals surface area contributed by atoms with Crippen LogP contribution in [-0.2, 0) is 0 Å². The van der Waals surface area contributed by atoms with E-state index < -0.39 is 0 Å². The third-order valence-corrected chi connectivity index (χ3v) is 6.05. The number of hydrogen-bond donors (Lipinski definition) is 1. The normalized spacial score (nSPS) is 11.4. The molecule has 0 aliphatic rings. The van der Waals surface area contributed by atoms with Gasteiger partial charge in [0, 0.05) is 15.4 Å².